The van der Waals surface area contributed by atoms with Crippen LogP contribution in [0.3, 0.4) is 0 Å². The van der Waals surface area contributed by atoms with Gasteiger partial charge in [-0.15, -0.1) is 0 Å². The van der Waals surface area contributed by atoms with Crippen LogP contribution in [-0.4, -0.2) is 23.5 Å². The number of halogens is 2. The molecule has 3 unspecified atom stereocenters. The highest BCUT2D eigenvalue weighted by Crippen LogP contribution is 2.48. The van der Waals surface area contributed by atoms with E-state index < -0.39 is 0 Å². The highest BCUT2D eigenvalue weighted by atomic mass is 35.5. The van der Waals surface area contributed by atoms with Crippen LogP contribution in [0.5, 0.6) is 0 Å². The van der Waals surface area contributed by atoms with Crippen LogP contribution in [0.4, 0.5) is 0 Å². The Morgan fingerprint density at radius 2 is 2.11 bits per heavy atom. The second-order valence-corrected chi connectivity index (χ2v) is 6.96. The molecule has 0 radical (unpaired) electrons. The van der Waals surface area contributed by atoms with Gasteiger partial charge in [-0.3, -0.25) is 0 Å². The smallest absolute Gasteiger partial charge is 0.135 e. The van der Waals surface area contributed by atoms with Gasteiger partial charge in [-0.05, 0) is 50.1 Å². The zero-order valence-electron chi connectivity index (χ0n) is 11.3. The third-order valence-corrected chi connectivity index (χ3v) is 5.30. The molecule has 1 aromatic rings. The van der Waals surface area contributed by atoms with E-state index in [2.05, 4.69) is 16.9 Å². The molecule has 1 heterocycles. The van der Waals surface area contributed by atoms with Gasteiger partial charge in [0.05, 0.1) is 0 Å². The minimum Gasteiger partial charge on any atom is -0.302 e. The monoisotopic (exact) mass is 298 g/mol. The maximum atomic E-state index is 6.13. The summed E-state index contributed by atoms with van der Waals surface area (Å²) in [6, 6.07) is 3.79. The van der Waals surface area contributed by atoms with Crippen molar-refractivity contribution in [3.05, 3.63) is 28.0 Å². The molecule has 0 saturated heterocycles. The molecule has 2 bridgehead atoms. The normalized spacial score (nSPS) is 29.4. The Morgan fingerprint density at radius 3 is 2.74 bits per heavy atom. The van der Waals surface area contributed by atoms with E-state index in [1.165, 1.54) is 32.2 Å². The van der Waals surface area contributed by atoms with Gasteiger partial charge in [0.2, 0.25) is 0 Å². The molecule has 0 aromatic carbocycles. The number of hydrogen-bond donors (Lipinski definition) is 0. The highest BCUT2D eigenvalue weighted by Gasteiger charge is 2.39. The van der Waals surface area contributed by atoms with Crippen molar-refractivity contribution in [2.24, 2.45) is 17.8 Å². The van der Waals surface area contributed by atoms with Crippen molar-refractivity contribution in [1.82, 2.24) is 9.88 Å². The molecule has 0 aliphatic heterocycles. The summed E-state index contributed by atoms with van der Waals surface area (Å²) in [6.07, 6.45) is 5.83. The summed E-state index contributed by atoms with van der Waals surface area (Å²) in [5.41, 5.74) is 1.07. The molecule has 2 nitrogen and oxygen atoms in total. The lowest BCUT2D eigenvalue weighted by Gasteiger charge is -2.27. The molecular formula is C15H20Cl2N2. The third kappa shape index (κ3) is 3.07. The Hall–Kier alpha value is -0.310. The van der Waals surface area contributed by atoms with Crippen LogP contribution in [0.25, 0.3) is 0 Å². The van der Waals surface area contributed by atoms with E-state index >= 15 is 0 Å². The molecule has 4 heteroatoms. The van der Waals surface area contributed by atoms with Crippen LogP contribution in [0.2, 0.25) is 10.3 Å². The molecule has 0 N–H and O–H groups in total. The van der Waals surface area contributed by atoms with Crippen LogP contribution in [0.1, 0.15) is 31.2 Å². The van der Waals surface area contributed by atoms with Crippen molar-refractivity contribution < 1.29 is 0 Å². The molecule has 2 aliphatic rings. The Morgan fingerprint density at radius 1 is 1.26 bits per heavy atom. The summed E-state index contributed by atoms with van der Waals surface area (Å²) in [5, 5.41) is 0.997. The van der Waals surface area contributed by atoms with Crippen molar-refractivity contribution in [1.29, 1.82) is 0 Å². The maximum Gasteiger partial charge on any atom is 0.135 e. The number of rotatable bonds is 4. The maximum absolute atomic E-state index is 6.13. The molecular weight excluding hydrogens is 279 g/mol. The Labute approximate surface area is 125 Å². The van der Waals surface area contributed by atoms with Crippen molar-refractivity contribution >= 4 is 23.2 Å². The van der Waals surface area contributed by atoms with Crippen LogP contribution in [0.15, 0.2) is 12.1 Å². The fourth-order valence-corrected chi connectivity index (χ4v) is 4.32. The molecule has 19 heavy (non-hydrogen) atoms. The Bertz CT molecular complexity index is 463. The Kier molecular flexibility index (Phi) is 4.02. The van der Waals surface area contributed by atoms with E-state index in [0.717, 1.165) is 29.9 Å². The summed E-state index contributed by atoms with van der Waals surface area (Å²) in [5.74, 6) is 2.89. The first-order valence-corrected chi connectivity index (χ1v) is 7.87. The third-order valence-electron chi connectivity index (χ3n) is 4.76. The summed E-state index contributed by atoms with van der Waals surface area (Å²) >= 11 is 12.0. The quantitative estimate of drug-likeness (QED) is 0.772. The lowest BCUT2D eigenvalue weighted by atomic mass is 9.88. The summed E-state index contributed by atoms with van der Waals surface area (Å²) in [4.78, 5) is 6.48. The topological polar surface area (TPSA) is 16.1 Å². The van der Waals surface area contributed by atoms with E-state index in [1.54, 1.807) is 0 Å². The number of nitrogens with zero attached hydrogens (tertiary/aromatic N) is 2. The van der Waals surface area contributed by atoms with Crippen molar-refractivity contribution in [2.75, 3.05) is 13.6 Å². The van der Waals surface area contributed by atoms with E-state index in [0.29, 0.717) is 10.3 Å². The first-order chi connectivity index (χ1) is 9.11. The van der Waals surface area contributed by atoms with Gasteiger partial charge in [0, 0.05) is 18.7 Å². The zero-order valence-corrected chi connectivity index (χ0v) is 12.8. The van der Waals surface area contributed by atoms with Crippen LogP contribution >= 0.6 is 23.2 Å². The minimum absolute atomic E-state index is 0.463. The van der Waals surface area contributed by atoms with E-state index in [9.17, 15) is 0 Å². The predicted molar refractivity (Wildman–Crippen MR) is 79.5 cm³/mol. The molecule has 2 fully saturated rings. The molecule has 3 rings (SSSR count). The van der Waals surface area contributed by atoms with E-state index in [4.69, 9.17) is 23.2 Å². The van der Waals surface area contributed by atoms with Crippen LogP contribution in [0, 0.1) is 17.8 Å². The van der Waals surface area contributed by atoms with Gasteiger partial charge < -0.3 is 4.90 Å². The lowest BCUT2D eigenvalue weighted by Crippen LogP contribution is -2.28. The van der Waals surface area contributed by atoms with E-state index in [1.807, 2.05) is 12.1 Å². The number of aromatic nitrogens is 1. The van der Waals surface area contributed by atoms with Gasteiger partial charge in [0.1, 0.15) is 10.3 Å². The first-order valence-electron chi connectivity index (χ1n) is 7.11. The zero-order chi connectivity index (χ0) is 13.4. The average molecular weight is 299 g/mol. The van der Waals surface area contributed by atoms with Gasteiger partial charge >= 0.3 is 0 Å². The van der Waals surface area contributed by atoms with Crippen molar-refractivity contribution in [3.8, 4) is 0 Å². The second kappa shape index (κ2) is 5.59. The summed E-state index contributed by atoms with van der Waals surface area (Å²) in [7, 11) is 2.18. The molecule has 3 atom stereocenters. The Balaban J connectivity index is 1.57. The number of hydrogen-bond acceptors (Lipinski definition) is 2. The highest BCUT2D eigenvalue weighted by molar-refractivity contribution is 6.32. The van der Waals surface area contributed by atoms with Gasteiger partial charge in [-0.1, -0.05) is 35.7 Å². The minimum atomic E-state index is 0.463. The molecule has 2 saturated carbocycles. The molecule has 0 amide bonds. The molecule has 0 spiro atoms. The van der Waals surface area contributed by atoms with Gasteiger partial charge in [-0.25, -0.2) is 4.98 Å². The van der Waals surface area contributed by atoms with Crippen LogP contribution < -0.4 is 0 Å². The largest absolute Gasteiger partial charge is 0.302 e. The van der Waals surface area contributed by atoms with Gasteiger partial charge in [0.15, 0.2) is 0 Å². The SMILES string of the molecule is CN(Cc1ccc(Cl)nc1Cl)CC1CC2CCC1C2. The summed E-state index contributed by atoms with van der Waals surface area (Å²) in [6.45, 7) is 2.04. The second-order valence-electron chi connectivity index (χ2n) is 6.22. The fraction of sp³-hybridized carbons (Fsp3) is 0.667. The predicted octanol–water partition coefficient (Wildman–Crippen LogP) is 4.26. The fourth-order valence-electron chi connectivity index (χ4n) is 3.91. The van der Waals surface area contributed by atoms with Gasteiger partial charge in [0.25, 0.3) is 0 Å². The first kappa shape index (κ1) is 13.7. The van der Waals surface area contributed by atoms with Gasteiger partial charge in [-0.2, -0.15) is 0 Å². The van der Waals surface area contributed by atoms with Crippen molar-refractivity contribution in [3.63, 3.8) is 0 Å². The lowest BCUT2D eigenvalue weighted by molar-refractivity contribution is 0.214. The van der Waals surface area contributed by atoms with Crippen LogP contribution in [-0.2, 0) is 6.54 Å². The number of fused-ring (bicyclic) bond motifs is 2. The summed E-state index contributed by atoms with van der Waals surface area (Å²) < 4.78 is 0. The molecule has 104 valence electrons. The van der Waals surface area contributed by atoms with E-state index in [-0.39, 0.29) is 0 Å². The molecule has 2 aliphatic carbocycles. The number of pyridine rings is 1. The standard InChI is InChI=1S/C15H20Cl2N2/c1-19(8-12-4-5-14(16)18-15(12)17)9-13-7-10-2-3-11(13)6-10/h4-5,10-11,13H,2-3,6-9H2,1H3. The van der Waals surface area contributed by atoms with Crippen molar-refractivity contribution in [2.45, 2.75) is 32.2 Å². The average Bonchev–Trinajstić information content (AvgIpc) is 2.95. The molecule has 1 aromatic heterocycles.